The third-order valence-corrected chi connectivity index (χ3v) is 2.28. The standard InChI is InChI=1S/C6H5BrN4O2/c1-10-5-3(8-2-11(5)7)4(12)9-6(10)13/h2H,1H3,(H,9,12,13). The minimum atomic E-state index is -0.476. The number of nitrogens with zero attached hydrogens (tertiary/aromatic N) is 3. The highest BCUT2D eigenvalue weighted by atomic mass is 79.9. The van der Waals surface area contributed by atoms with Crippen molar-refractivity contribution in [3.05, 3.63) is 27.2 Å². The van der Waals surface area contributed by atoms with Crippen LogP contribution >= 0.6 is 16.1 Å². The Morgan fingerprint density at radius 1 is 1.54 bits per heavy atom. The van der Waals surface area contributed by atoms with Crippen molar-refractivity contribution in [3.63, 3.8) is 0 Å². The molecule has 2 heterocycles. The lowest BCUT2D eigenvalue weighted by atomic mass is 10.5. The number of hydrogen-bond donors (Lipinski definition) is 1. The smallest absolute Gasteiger partial charge is 0.280 e. The van der Waals surface area contributed by atoms with Gasteiger partial charge in [-0.2, -0.15) is 0 Å². The van der Waals surface area contributed by atoms with Gasteiger partial charge in [0.2, 0.25) is 0 Å². The van der Waals surface area contributed by atoms with E-state index in [2.05, 4.69) is 26.1 Å². The van der Waals surface area contributed by atoms with Gasteiger partial charge in [-0.1, -0.05) is 0 Å². The summed E-state index contributed by atoms with van der Waals surface area (Å²) in [5.41, 5.74) is -0.261. The van der Waals surface area contributed by atoms with Gasteiger partial charge < -0.3 is 0 Å². The van der Waals surface area contributed by atoms with Crippen molar-refractivity contribution in [2.75, 3.05) is 0 Å². The maximum atomic E-state index is 11.2. The van der Waals surface area contributed by atoms with Crippen LogP contribution in [0.2, 0.25) is 0 Å². The Bertz CT molecular complexity index is 578. The van der Waals surface area contributed by atoms with Gasteiger partial charge in [0.1, 0.15) is 6.33 Å². The molecule has 0 unspecified atom stereocenters. The van der Waals surface area contributed by atoms with Gasteiger partial charge >= 0.3 is 5.69 Å². The van der Waals surface area contributed by atoms with Crippen LogP contribution in [0.3, 0.4) is 0 Å². The number of aryl methyl sites for hydroxylation is 1. The summed E-state index contributed by atoms with van der Waals surface area (Å²) in [6, 6.07) is 0. The van der Waals surface area contributed by atoms with Gasteiger partial charge in [0.15, 0.2) is 11.2 Å². The van der Waals surface area contributed by atoms with E-state index in [1.54, 1.807) is 7.05 Å². The molecule has 68 valence electrons. The average Bonchev–Trinajstić information content (AvgIpc) is 2.44. The highest BCUT2D eigenvalue weighted by Crippen LogP contribution is 2.06. The molecule has 0 aliphatic rings. The van der Waals surface area contributed by atoms with Crippen molar-refractivity contribution in [1.29, 1.82) is 0 Å². The topological polar surface area (TPSA) is 72.7 Å². The summed E-state index contributed by atoms with van der Waals surface area (Å²) >= 11 is 3.13. The summed E-state index contributed by atoms with van der Waals surface area (Å²) in [5.74, 6) is 0. The number of hydrogen-bond acceptors (Lipinski definition) is 3. The van der Waals surface area contributed by atoms with Crippen LogP contribution in [-0.2, 0) is 7.05 Å². The second-order valence-corrected chi connectivity index (χ2v) is 3.31. The summed E-state index contributed by atoms with van der Waals surface area (Å²) in [7, 11) is 1.56. The van der Waals surface area contributed by atoms with E-state index < -0.39 is 11.2 Å². The average molecular weight is 245 g/mol. The van der Waals surface area contributed by atoms with Gasteiger partial charge in [0.25, 0.3) is 5.56 Å². The largest absolute Gasteiger partial charge is 0.329 e. The van der Waals surface area contributed by atoms with Crippen LogP contribution in [0.25, 0.3) is 11.2 Å². The minimum Gasteiger partial charge on any atom is -0.280 e. The zero-order valence-corrected chi connectivity index (χ0v) is 8.20. The third-order valence-electron chi connectivity index (χ3n) is 1.76. The predicted molar refractivity (Wildman–Crippen MR) is 49.9 cm³/mol. The van der Waals surface area contributed by atoms with E-state index in [-0.39, 0.29) is 5.52 Å². The molecule has 0 aliphatic heterocycles. The van der Waals surface area contributed by atoms with E-state index in [1.807, 2.05) is 0 Å². The normalized spacial score (nSPS) is 10.9. The second-order valence-electron chi connectivity index (χ2n) is 2.55. The first-order chi connectivity index (χ1) is 6.11. The number of aromatic amines is 1. The molecule has 0 saturated heterocycles. The van der Waals surface area contributed by atoms with Crippen molar-refractivity contribution in [2.45, 2.75) is 0 Å². The molecule has 0 radical (unpaired) electrons. The maximum absolute atomic E-state index is 11.2. The summed E-state index contributed by atoms with van der Waals surface area (Å²) in [6.07, 6.45) is 1.42. The first-order valence-corrected chi connectivity index (χ1v) is 4.14. The summed E-state index contributed by atoms with van der Waals surface area (Å²) in [5, 5.41) is 0. The van der Waals surface area contributed by atoms with Gasteiger partial charge in [-0.05, 0) is 0 Å². The number of H-pyrrole nitrogens is 1. The Balaban J connectivity index is 3.19. The lowest BCUT2D eigenvalue weighted by Crippen LogP contribution is -2.28. The Morgan fingerprint density at radius 2 is 2.23 bits per heavy atom. The molecule has 2 aromatic heterocycles. The van der Waals surface area contributed by atoms with Crippen LogP contribution in [0.5, 0.6) is 0 Å². The molecule has 2 rings (SSSR count). The second kappa shape index (κ2) is 2.56. The molecule has 0 saturated carbocycles. The molecular weight excluding hydrogens is 240 g/mol. The Labute approximate surface area is 80.2 Å². The summed E-state index contributed by atoms with van der Waals surface area (Å²) in [6.45, 7) is 0. The van der Waals surface area contributed by atoms with Crippen molar-refractivity contribution < 1.29 is 0 Å². The first-order valence-electron chi connectivity index (χ1n) is 3.44. The number of fused-ring (bicyclic) bond motifs is 1. The van der Waals surface area contributed by atoms with Crippen molar-refractivity contribution in [1.82, 2.24) is 18.1 Å². The van der Waals surface area contributed by atoms with Gasteiger partial charge in [0, 0.05) is 7.05 Å². The zero-order valence-electron chi connectivity index (χ0n) is 6.61. The monoisotopic (exact) mass is 244 g/mol. The number of imidazole rings is 1. The van der Waals surface area contributed by atoms with Crippen LogP contribution in [0.15, 0.2) is 15.9 Å². The van der Waals surface area contributed by atoms with Crippen LogP contribution in [-0.4, -0.2) is 18.1 Å². The van der Waals surface area contributed by atoms with Gasteiger partial charge in [0.05, 0.1) is 16.1 Å². The van der Waals surface area contributed by atoms with Crippen LogP contribution in [0.4, 0.5) is 0 Å². The van der Waals surface area contributed by atoms with E-state index in [4.69, 9.17) is 0 Å². The lowest BCUT2D eigenvalue weighted by Gasteiger charge is -1.98. The third kappa shape index (κ3) is 1.04. The first kappa shape index (κ1) is 8.24. The van der Waals surface area contributed by atoms with E-state index in [1.165, 1.54) is 14.5 Å². The molecule has 0 aromatic carbocycles. The Hall–Kier alpha value is -1.37. The number of rotatable bonds is 0. The molecular formula is C6H5BrN4O2. The van der Waals surface area contributed by atoms with Crippen molar-refractivity contribution >= 4 is 27.3 Å². The molecule has 13 heavy (non-hydrogen) atoms. The highest BCUT2D eigenvalue weighted by molar-refractivity contribution is 9.08. The molecule has 0 atom stereocenters. The van der Waals surface area contributed by atoms with Crippen molar-refractivity contribution in [2.24, 2.45) is 7.05 Å². The van der Waals surface area contributed by atoms with Gasteiger partial charge in [-0.3, -0.25) is 14.3 Å². The zero-order chi connectivity index (χ0) is 9.59. The quantitative estimate of drug-likeness (QED) is 0.685. The van der Waals surface area contributed by atoms with Crippen LogP contribution in [0.1, 0.15) is 0 Å². The predicted octanol–water partition coefficient (Wildman–Crippen LogP) is -0.419. The summed E-state index contributed by atoms with van der Waals surface area (Å²) < 4.78 is 2.75. The fourth-order valence-electron chi connectivity index (χ4n) is 1.12. The van der Waals surface area contributed by atoms with Crippen LogP contribution in [0, 0.1) is 0 Å². The van der Waals surface area contributed by atoms with E-state index in [0.29, 0.717) is 5.65 Å². The number of halogens is 1. The molecule has 0 amide bonds. The molecule has 2 aromatic rings. The fourth-order valence-corrected chi connectivity index (χ4v) is 1.62. The van der Waals surface area contributed by atoms with Gasteiger partial charge in [-0.15, -0.1) is 0 Å². The molecule has 1 N–H and O–H groups in total. The highest BCUT2D eigenvalue weighted by Gasteiger charge is 2.09. The summed E-state index contributed by atoms with van der Waals surface area (Å²) in [4.78, 5) is 28.3. The molecule has 0 spiro atoms. The van der Waals surface area contributed by atoms with E-state index in [0.717, 1.165) is 0 Å². The SMILES string of the molecule is Cn1c(=O)[nH]c(=O)c2ncn(Br)c21. The minimum absolute atomic E-state index is 0.235. The Kier molecular flexibility index (Phi) is 1.62. The molecule has 0 fully saturated rings. The van der Waals surface area contributed by atoms with E-state index >= 15 is 0 Å². The number of nitrogens with one attached hydrogen (secondary N) is 1. The van der Waals surface area contributed by atoms with Crippen LogP contribution < -0.4 is 11.2 Å². The molecule has 0 bridgehead atoms. The fraction of sp³-hybridized carbons (Fsp3) is 0.167. The van der Waals surface area contributed by atoms with Gasteiger partial charge in [-0.25, -0.2) is 13.4 Å². The molecule has 6 nitrogen and oxygen atoms in total. The van der Waals surface area contributed by atoms with E-state index in [9.17, 15) is 9.59 Å². The molecule has 0 aliphatic carbocycles. The Morgan fingerprint density at radius 3 is 2.92 bits per heavy atom. The van der Waals surface area contributed by atoms with Crippen molar-refractivity contribution in [3.8, 4) is 0 Å². The molecule has 7 heteroatoms. The maximum Gasteiger partial charge on any atom is 0.329 e. The number of aromatic nitrogens is 4. The lowest BCUT2D eigenvalue weighted by molar-refractivity contribution is 0.829.